The predicted octanol–water partition coefficient (Wildman–Crippen LogP) is -0.0130. The monoisotopic (exact) mass is 171 g/mol. The van der Waals surface area contributed by atoms with Crippen molar-refractivity contribution < 1.29 is 14.4 Å². The van der Waals surface area contributed by atoms with Crippen molar-refractivity contribution >= 4 is 20.2 Å². The maximum atomic E-state index is 10.3. The van der Waals surface area contributed by atoms with Gasteiger partial charge in [0.1, 0.15) is 0 Å². The van der Waals surface area contributed by atoms with Crippen LogP contribution in [0.1, 0.15) is 6.92 Å². The van der Waals surface area contributed by atoms with Crippen LogP contribution in [0.5, 0.6) is 0 Å². The van der Waals surface area contributed by atoms with Crippen LogP contribution in [-0.4, -0.2) is 21.4 Å². The highest BCUT2D eigenvalue weighted by atomic mass is 32.1. The fourth-order valence-electron chi connectivity index (χ4n) is 0.301. The summed E-state index contributed by atoms with van der Waals surface area (Å²) in [6.07, 6.45) is 0. The van der Waals surface area contributed by atoms with Crippen molar-refractivity contribution in [3.63, 3.8) is 0 Å². The molecule has 6 heteroatoms. The van der Waals surface area contributed by atoms with E-state index in [9.17, 15) is 4.57 Å². The lowest BCUT2D eigenvalue weighted by Gasteiger charge is -2.11. The molecule has 0 bridgehead atoms. The van der Waals surface area contributed by atoms with Crippen molar-refractivity contribution in [3.05, 3.63) is 0 Å². The number of hydrogen-bond donors (Lipinski definition) is 4. The second-order valence-corrected chi connectivity index (χ2v) is 4.14. The Labute approximate surface area is 59.2 Å². The Bertz CT molecular complexity index is 124. The van der Waals surface area contributed by atoms with Gasteiger partial charge in [-0.05, 0) is 6.54 Å². The zero-order chi connectivity index (χ0) is 7.49. The summed E-state index contributed by atoms with van der Waals surface area (Å²) in [5.74, 6) is 0. The Morgan fingerprint density at radius 1 is 1.78 bits per heavy atom. The van der Waals surface area contributed by atoms with Gasteiger partial charge in [-0.2, -0.15) is 0 Å². The predicted molar refractivity (Wildman–Crippen MR) is 38.5 cm³/mol. The van der Waals surface area contributed by atoms with Gasteiger partial charge in [0.05, 0.1) is 0 Å². The minimum Gasteiger partial charge on any atom is -0.323 e. The van der Waals surface area contributed by atoms with Crippen molar-refractivity contribution in [3.8, 4) is 0 Å². The van der Waals surface area contributed by atoms with Crippen LogP contribution < -0.4 is 5.32 Å². The van der Waals surface area contributed by atoms with Gasteiger partial charge in [-0.1, -0.05) is 6.92 Å². The zero-order valence-corrected chi connectivity index (χ0v) is 6.77. The Balaban J connectivity index is 3.74. The minimum absolute atomic E-state index is 0.499. The van der Waals surface area contributed by atoms with E-state index < -0.39 is 12.7 Å². The van der Waals surface area contributed by atoms with Gasteiger partial charge < -0.3 is 9.79 Å². The van der Waals surface area contributed by atoms with Crippen molar-refractivity contribution in [2.24, 2.45) is 0 Å². The lowest BCUT2D eigenvalue weighted by atomic mass is 10.8. The number of rotatable bonds is 3. The van der Waals surface area contributed by atoms with Gasteiger partial charge in [0.25, 0.3) is 0 Å². The van der Waals surface area contributed by atoms with E-state index in [2.05, 4.69) is 17.9 Å². The summed E-state index contributed by atoms with van der Waals surface area (Å²) in [4.78, 5) is 16.8. The van der Waals surface area contributed by atoms with E-state index in [1.807, 2.05) is 0 Å². The molecule has 1 atom stereocenters. The molecule has 0 aliphatic rings. The topological polar surface area (TPSA) is 69.6 Å². The highest BCUT2D eigenvalue weighted by Crippen LogP contribution is 2.41. The Morgan fingerprint density at radius 2 is 2.22 bits per heavy atom. The van der Waals surface area contributed by atoms with Gasteiger partial charge in [-0.3, -0.25) is 9.88 Å². The van der Waals surface area contributed by atoms with Crippen LogP contribution in [0.2, 0.25) is 0 Å². The van der Waals surface area contributed by atoms with Gasteiger partial charge in [0, 0.05) is 0 Å². The second kappa shape index (κ2) is 3.58. The van der Waals surface area contributed by atoms with Crippen LogP contribution in [0, 0.1) is 0 Å². The first-order chi connectivity index (χ1) is 3.98. The zero-order valence-electron chi connectivity index (χ0n) is 4.98. The Morgan fingerprint density at radius 3 is 2.33 bits per heavy atom. The van der Waals surface area contributed by atoms with E-state index in [1.54, 1.807) is 6.92 Å². The number of thiol groups is 1. The van der Waals surface area contributed by atoms with Crippen molar-refractivity contribution in [2.75, 3.05) is 6.54 Å². The third-order valence-corrected chi connectivity index (χ3v) is 2.61. The quantitative estimate of drug-likeness (QED) is 0.274. The molecule has 1 unspecified atom stereocenters. The molecular weight excluding hydrogens is 161 g/mol. The normalized spacial score (nSPS) is 15.6. The maximum absolute atomic E-state index is 10.3. The van der Waals surface area contributed by atoms with Crippen LogP contribution in [-0.2, 0) is 4.57 Å². The van der Waals surface area contributed by atoms with Gasteiger partial charge >= 0.3 is 7.60 Å². The Hall–Kier alpha value is 0.460. The van der Waals surface area contributed by atoms with Crippen LogP contribution in [0.15, 0.2) is 0 Å². The number of nitrogens with one attached hydrogen (secondary N) is 1. The largest absolute Gasteiger partial charge is 0.352 e. The summed E-state index contributed by atoms with van der Waals surface area (Å²) in [6.45, 7) is 2.25. The standard InChI is InChI=1S/C3H10NO3PS/c1-2-4-3(9)8(5,6)7/h3-4,9H,2H2,1H3,(H2,5,6,7). The molecule has 0 spiro atoms. The number of hydrogen-bond acceptors (Lipinski definition) is 3. The van der Waals surface area contributed by atoms with Crippen LogP contribution >= 0.6 is 20.2 Å². The molecule has 0 aromatic rings. The molecule has 3 N–H and O–H groups in total. The molecule has 4 nitrogen and oxygen atoms in total. The molecule has 0 amide bonds. The summed E-state index contributed by atoms with van der Waals surface area (Å²) in [6, 6.07) is 0. The first-order valence-electron chi connectivity index (χ1n) is 2.45. The minimum atomic E-state index is -4.02. The summed E-state index contributed by atoms with van der Waals surface area (Å²) in [5.41, 5.74) is 0. The van der Waals surface area contributed by atoms with Crippen LogP contribution in [0.3, 0.4) is 0 Å². The van der Waals surface area contributed by atoms with Crippen LogP contribution in [0.25, 0.3) is 0 Å². The fraction of sp³-hybridized carbons (Fsp3) is 1.00. The van der Waals surface area contributed by atoms with E-state index in [4.69, 9.17) is 9.79 Å². The molecule has 0 fully saturated rings. The molecule has 0 heterocycles. The van der Waals surface area contributed by atoms with Gasteiger partial charge in [0.2, 0.25) is 0 Å². The molecule has 0 saturated heterocycles. The van der Waals surface area contributed by atoms with Gasteiger partial charge in [-0.15, -0.1) is 12.6 Å². The summed E-state index contributed by atoms with van der Waals surface area (Å²) in [7, 11) is -4.02. The molecule has 0 aromatic carbocycles. The van der Waals surface area contributed by atoms with E-state index in [1.165, 1.54) is 0 Å². The summed E-state index contributed by atoms with van der Waals surface area (Å²) >= 11 is 3.62. The lowest BCUT2D eigenvalue weighted by molar-refractivity contribution is 0.364. The van der Waals surface area contributed by atoms with Gasteiger partial charge in [-0.25, -0.2) is 0 Å². The third kappa shape index (κ3) is 3.95. The van der Waals surface area contributed by atoms with Crippen LogP contribution in [0.4, 0.5) is 0 Å². The molecule has 9 heavy (non-hydrogen) atoms. The summed E-state index contributed by atoms with van der Waals surface area (Å²) < 4.78 is 10.3. The Kier molecular flexibility index (Phi) is 3.77. The maximum Gasteiger partial charge on any atom is 0.352 e. The van der Waals surface area contributed by atoms with E-state index in [-0.39, 0.29) is 0 Å². The average Bonchev–Trinajstić information content (AvgIpc) is 1.64. The molecule has 0 aromatic heterocycles. The van der Waals surface area contributed by atoms with Crippen molar-refractivity contribution in [1.29, 1.82) is 0 Å². The summed E-state index contributed by atoms with van der Waals surface area (Å²) in [5, 5.41) is 1.46. The first kappa shape index (κ1) is 9.46. The van der Waals surface area contributed by atoms with E-state index in [0.717, 1.165) is 0 Å². The SMILES string of the molecule is CCNC(S)P(=O)(O)O. The molecule has 0 aliphatic heterocycles. The smallest absolute Gasteiger partial charge is 0.323 e. The molecule has 0 saturated carbocycles. The molecule has 0 aliphatic carbocycles. The molecule has 0 rings (SSSR count). The van der Waals surface area contributed by atoms with Gasteiger partial charge in [0.15, 0.2) is 5.11 Å². The second-order valence-electron chi connectivity index (χ2n) is 1.52. The van der Waals surface area contributed by atoms with E-state index in [0.29, 0.717) is 6.54 Å². The lowest BCUT2D eigenvalue weighted by Crippen LogP contribution is -2.22. The molecular formula is C3H10NO3PS. The van der Waals surface area contributed by atoms with Crippen molar-refractivity contribution in [2.45, 2.75) is 12.0 Å². The van der Waals surface area contributed by atoms with E-state index >= 15 is 0 Å². The van der Waals surface area contributed by atoms with Crippen molar-refractivity contribution in [1.82, 2.24) is 5.32 Å². The average molecular weight is 171 g/mol. The first-order valence-corrected chi connectivity index (χ1v) is 4.65. The highest BCUT2D eigenvalue weighted by Gasteiger charge is 2.22. The molecule has 0 radical (unpaired) electrons. The fourth-order valence-corrected chi connectivity index (χ4v) is 0.904. The third-order valence-electron chi connectivity index (χ3n) is 0.705. The molecule has 56 valence electrons. The highest BCUT2D eigenvalue weighted by molar-refractivity contribution is 7.89.